The molecule has 0 unspecified atom stereocenters. The molecule has 1 saturated carbocycles. The maximum Gasteiger partial charge on any atom is 0.253 e. The third kappa shape index (κ3) is 3.41. The molecule has 1 aliphatic carbocycles. The molecule has 3 heterocycles. The van der Waals surface area contributed by atoms with E-state index >= 15 is 0 Å². The van der Waals surface area contributed by atoms with Crippen LogP contribution in [-0.4, -0.2) is 54.1 Å². The van der Waals surface area contributed by atoms with E-state index in [9.17, 15) is 4.79 Å². The van der Waals surface area contributed by atoms with Crippen LogP contribution < -0.4 is 10.2 Å². The average molecular weight is 328 g/mol. The van der Waals surface area contributed by atoms with Crippen LogP contribution in [0.15, 0.2) is 18.3 Å². The van der Waals surface area contributed by atoms with Crippen LogP contribution in [0.5, 0.6) is 0 Å². The van der Waals surface area contributed by atoms with Crippen LogP contribution in [0.4, 0.5) is 5.82 Å². The van der Waals surface area contributed by atoms with Crippen molar-refractivity contribution in [3.05, 3.63) is 23.9 Å². The first-order chi connectivity index (χ1) is 11.8. The van der Waals surface area contributed by atoms with Crippen LogP contribution in [0, 0.1) is 0 Å². The number of aromatic nitrogens is 1. The van der Waals surface area contributed by atoms with Gasteiger partial charge in [0, 0.05) is 44.5 Å². The van der Waals surface area contributed by atoms with Gasteiger partial charge < -0.3 is 10.2 Å². The summed E-state index contributed by atoms with van der Waals surface area (Å²) >= 11 is 0. The van der Waals surface area contributed by atoms with Gasteiger partial charge in [0.1, 0.15) is 5.82 Å². The molecule has 1 N–H and O–H groups in total. The Morgan fingerprint density at radius 2 is 1.83 bits per heavy atom. The molecule has 0 radical (unpaired) electrons. The largest absolute Gasteiger partial charge is 0.357 e. The number of amides is 1. The van der Waals surface area contributed by atoms with Gasteiger partial charge in [0.25, 0.3) is 5.91 Å². The Morgan fingerprint density at radius 1 is 1.04 bits per heavy atom. The summed E-state index contributed by atoms with van der Waals surface area (Å²) in [5.74, 6) is 1.02. The molecule has 4 rings (SSSR count). The van der Waals surface area contributed by atoms with Gasteiger partial charge in [0.2, 0.25) is 0 Å². The maximum atomic E-state index is 12.5. The molecule has 2 aliphatic heterocycles. The number of carbonyl (C=O) groups is 1. The maximum absolute atomic E-state index is 12.5. The third-order valence-corrected chi connectivity index (χ3v) is 5.84. The van der Waals surface area contributed by atoms with Gasteiger partial charge in [-0.25, -0.2) is 4.98 Å². The summed E-state index contributed by atoms with van der Waals surface area (Å²) in [7, 11) is 0. The first-order valence-electron chi connectivity index (χ1n) is 9.55. The smallest absolute Gasteiger partial charge is 0.253 e. The van der Waals surface area contributed by atoms with Crippen molar-refractivity contribution < 1.29 is 4.79 Å². The minimum absolute atomic E-state index is 0.0220. The Hall–Kier alpha value is -1.62. The molecule has 2 saturated heterocycles. The Balaban J connectivity index is 1.31. The van der Waals surface area contributed by atoms with Gasteiger partial charge in [0.15, 0.2) is 0 Å². The summed E-state index contributed by atoms with van der Waals surface area (Å²) in [6.45, 7) is 4.30. The minimum Gasteiger partial charge on any atom is -0.357 e. The molecule has 0 spiro atoms. The number of carbonyl (C=O) groups excluding carboxylic acids is 1. The fourth-order valence-corrected chi connectivity index (χ4v) is 4.43. The van der Waals surface area contributed by atoms with Gasteiger partial charge in [-0.1, -0.05) is 12.8 Å². The number of hydrogen-bond donors (Lipinski definition) is 1. The number of likely N-dealkylation sites (tertiary alicyclic amines) is 1. The number of nitrogens with one attached hydrogen (secondary N) is 1. The van der Waals surface area contributed by atoms with Crippen molar-refractivity contribution in [2.24, 2.45) is 0 Å². The zero-order valence-electron chi connectivity index (χ0n) is 14.4. The normalized spacial score (nSPS) is 25.5. The molecular weight excluding hydrogens is 300 g/mol. The Kier molecular flexibility index (Phi) is 4.69. The van der Waals surface area contributed by atoms with E-state index in [1.54, 1.807) is 6.20 Å². The molecule has 5 nitrogen and oxygen atoms in total. The van der Waals surface area contributed by atoms with E-state index in [4.69, 9.17) is 0 Å². The summed E-state index contributed by atoms with van der Waals surface area (Å²) in [6, 6.07) is 4.95. The van der Waals surface area contributed by atoms with E-state index in [0.29, 0.717) is 5.56 Å². The van der Waals surface area contributed by atoms with Crippen molar-refractivity contribution >= 4 is 11.7 Å². The Morgan fingerprint density at radius 3 is 2.54 bits per heavy atom. The van der Waals surface area contributed by atoms with Gasteiger partial charge in [-0.15, -0.1) is 0 Å². The second-order valence-electron chi connectivity index (χ2n) is 7.49. The van der Waals surface area contributed by atoms with Gasteiger partial charge in [-0.05, 0) is 44.2 Å². The van der Waals surface area contributed by atoms with Crippen LogP contribution in [0.2, 0.25) is 0 Å². The lowest BCUT2D eigenvalue weighted by atomic mass is 10.2. The van der Waals surface area contributed by atoms with E-state index in [2.05, 4.69) is 20.1 Å². The fraction of sp³-hybridized carbons (Fsp3) is 0.684. The van der Waals surface area contributed by atoms with E-state index in [-0.39, 0.29) is 11.9 Å². The van der Waals surface area contributed by atoms with Crippen molar-refractivity contribution in [3.63, 3.8) is 0 Å². The lowest BCUT2D eigenvalue weighted by Crippen LogP contribution is -2.39. The predicted molar refractivity (Wildman–Crippen MR) is 95.4 cm³/mol. The first kappa shape index (κ1) is 15.9. The Labute approximate surface area is 144 Å². The molecular formula is C19H28N4O. The molecule has 0 aromatic carbocycles. The van der Waals surface area contributed by atoms with Crippen molar-refractivity contribution in [2.45, 2.75) is 57.0 Å². The van der Waals surface area contributed by atoms with Gasteiger partial charge in [-0.3, -0.25) is 9.69 Å². The van der Waals surface area contributed by atoms with Crippen LogP contribution >= 0.6 is 0 Å². The average Bonchev–Trinajstić information content (AvgIpc) is 3.36. The first-order valence-corrected chi connectivity index (χ1v) is 9.55. The molecule has 24 heavy (non-hydrogen) atoms. The fourth-order valence-electron chi connectivity index (χ4n) is 4.43. The highest BCUT2D eigenvalue weighted by Gasteiger charge is 2.30. The van der Waals surface area contributed by atoms with Crippen molar-refractivity contribution in [1.29, 1.82) is 0 Å². The number of rotatable bonds is 4. The zero-order chi connectivity index (χ0) is 16.4. The summed E-state index contributed by atoms with van der Waals surface area (Å²) in [5.41, 5.74) is 0.678. The summed E-state index contributed by atoms with van der Waals surface area (Å²) < 4.78 is 0. The highest BCUT2D eigenvalue weighted by molar-refractivity contribution is 5.94. The number of anilines is 1. The highest BCUT2D eigenvalue weighted by Crippen LogP contribution is 2.26. The molecule has 1 aromatic heterocycles. The number of nitrogens with zero attached hydrogens (tertiary/aromatic N) is 3. The summed E-state index contributed by atoms with van der Waals surface area (Å²) in [5, 5.41) is 3.20. The van der Waals surface area contributed by atoms with Gasteiger partial charge in [0.05, 0.1) is 5.56 Å². The van der Waals surface area contributed by atoms with Gasteiger partial charge >= 0.3 is 0 Å². The van der Waals surface area contributed by atoms with E-state index < -0.39 is 0 Å². The van der Waals surface area contributed by atoms with Crippen molar-refractivity contribution in [3.8, 4) is 0 Å². The topological polar surface area (TPSA) is 48.5 Å². The van der Waals surface area contributed by atoms with Crippen LogP contribution in [0.25, 0.3) is 0 Å². The predicted octanol–water partition coefficient (Wildman–Crippen LogP) is 2.43. The molecule has 5 heteroatoms. The quantitative estimate of drug-likeness (QED) is 0.922. The third-order valence-electron chi connectivity index (χ3n) is 5.84. The molecule has 1 aromatic rings. The van der Waals surface area contributed by atoms with Crippen LogP contribution in [0.1, 0.15) is 55.3 Å². The summed E-state index contributed by atoms with van der Waals surface area (Å²) in [4.78, 5) is 21.8. The SMILES string of the molecule is O=C(N[C@H]1CCN(C2CCCC2)C1)c1ccc(N2CCCC2)nc1. The lowest BCUT2D eigenvalue weighted by molar-refractivity contribution is 0.0936. The standard InChI is InChI=1S/C19H28N4O/c24-19(15-7-8-18(20-13-15)22-10-3-4-11-22)21-16-9-12-23(14-16)17-5-1-2-6-17/h7-8,13,16-17H,1-6,9-12,14H2,(H,21,24)/t16-/m0/s1. The zero-order valence-corrected chi connectivity index (χ0v) is 14.4. The Bertz CT molecular complexity index is 561. The number of pyridine rings is 1. The molecule has 130 valence electrons. The molecule has 1 atom stereocenters. The van der Waals surface area contributed by atoms with Crippen LogP contribution in [-0.2, 0) is 0 Å². The van der Waals surface area contributed by atoms with E-state index in [1.807, 2.05) is 12.1 Å². The second-order valence-corrected chi connectivity index (χ2v) is 7.49. The minimum atomic E-state index is 0.0220. The highest BCUT2D eigenvalue weighted by atomic mass is 16.1. The van der Waals surface area contributed by atoms with Crippen molar-refractivity contribution in [2.75, 3.05) is 31.1 Å². The van der Waals surface area contributed by atoms with E-state index in [0.717, 1.165) is 44.5 Å². The summed E-state index contributed by atoms with van der Waals surface area (Å²) in [6.07, 6.45) is 10.7. The van der Waals surface area contributed by atoms with Crippen LogP contribution in [0.3, 0.4) is 0 Å². The van der Waals surface area contributed by atoms with E-state index in [1.165, 1.54) is 38.5 Å². The van der Waals surface area contributed by atoms with Gasteiger partial charge in [-0.2, -0.15) is 0 Å². The molecule has 0 bridgehead atoms. The molecule has 3 fully saturated rings. The molecule has 3 aliphatic rings. The van der Waals surface area contributed by atoms with Crippen molar-refractivity contribution in [1.82, 2.24) is 15.2 Å². The lowest BCUT2D eigenvalue weighted by Gasteiger charge is -2.23. The monoisotopic (exact) mass is 328 g/mol. The number of hydrogen-bond acceptors (Lipinski definition) is 4. The second kappa shape index (κ2) is 7.09. The molecule has 1 amide bonds.